The zero-order chi connectivity index (χ0) is 15.5. The molecule has 22 heavy (non-hydrogen) atoms. The maximum Gasteiger partial charge on any atom is 0.349 e. The molecule has 2 heterocycles. The summed E-state index contributed by atoms with van der Waals surface area (Å²) < 4.78 is 5.85. The third kappa shape index (κ3) is 2.60. The first kappa shape index (κ1) is 14.3. The smallest absolute Gasteiger partial charge is 0.349 e. The van der Waals surface area contributed by atoms with Gasteiger partial charge in [0.1, 0.15) is 10.6 Å². The van der Waals surface area contributed by atoms with Gasteiger partial charge in [0.05, 0.1) is 13.4 Å². The van der Waals surface area contributed by atoms with Gasteiger partial charge in [-0.15, -0.1) is 0 Å². The predicted octanol–water partition coefficient (Wildman–Crippen LogP) is 1.50. The number of rotatable bonds is 4. The van der Waals surface area contributed by atoms with Crippen molar-refractivity contribution in [1.82, 2.24) is 19.6 Å². The predicted molar refractivity (Wildman–Crippen MR) is 81.0 cm³/mol. The lowest BCUT2D eigenvalue weighted by Crippen LogP contribution is -2.17. The van der Waals surface area contributed by atoms with Crippen molar-refractivity contribution in [2.75, 3.05) is 7.11 Å². The lowest BCUT2D eigenvalue weighted by molar-refractivity contribution is 0.0598. The van der Waals surface area contributed by atoms with Crippen LogP contribution < -0.4 is 5.69 Å². The summed E-state index contributed by atoms with van der Waals surface area (Å²) in [6.45, 7) is 0. The quantitative estimate of drug-likeness (QED) is 0.579. The van der Waals surface area contributed by atoms with Gasteiger partial charge in [-0.3, -0.25) is 4.98 Å². The summed E-state index contributed by atoms with van der Waals surface area (Å²) in [5.74, 6) is 0.0516. The van der Waals surface area contributed by atoms with E-state index in [0.29, 0.717) is 10.8 Å². The molecule has 0 atom stereocenters. The fourth-order valence-electron chi connectivity index (χ4n) is 1.97. The Balaban J connectivity index is 2.02. The summed E-state index contributed by atoms with van der Waals surface area (Å²) in [5.41, 5.74) is 1.02. The van der Waals surface area contributed by atoms with Crippen molar-refractivity contribution in [2.24, 2.45) is 0 Å². The Morgan fingerprint density at radius 3 is 2.86 bits per heavy atom. The molecule has 8 heteroatoms. The lowest BCUT2D eigenvalue weighted by atomic mass is 10.2. The second-order valence-corrected chi connectivity index (χ2v) is 5.35. The number of ether oxygens (including phenoxy) is 1. The minimum atomic E-state index is -0.566. The number of thioether (sulfide) groups is 1. The Morgan fingerprint density at radius 1 is 1.36 bits per heavy atom. The summed E-state index contributed by atoms with van der Waals surface area (Å²) in [5, 5.41) is 4.59. The molecule has 1 aromatic carbocycles. The fourth-order valence-corrected chi connectivity index (χ4v) is 2.92. The molecule has 3 aromatic rings. The first-order valence-corrected chi connectivity index (χ1v) is 7.40. The fraction of sp³-hybridized carbons (Fsp3) is 0.143. The van der Waals surface area contributed by atoms with Crippen LogP contribution in [0.5, 0.6) is 0 Å². The molecule has 0 bridgehead atoms. The normalized spacial score (nSPS) is 10.8. The van der Waals surface area contributed by atoms with Crippen LogP contribution in [-0.2, 0) is 10.5 Å². The maximum atomic E-state index is 12.0. The SMILES string of the molecule is COC(=O)c1c(SCc2ccccc2)nn2c(=O)[nH]cnc12. The summed E-state index contributed by atoms with van der Waals surface area (Å²) in [4.78, 5) is 30.2. The number of nitrogens with zero attached hydrogens (tertiary/aromatic N) is 3. The third-order valence-electron chi connectivity index (χ3n) is 3.00. The molecule has 0 aliphatic carbocycles. The van der Waals surface area contributed by atoms with E-state index in [9.17, 15) is 9.59 Å². The van der Waals surface area contributed by atoms with E-state index in [2.05, 4.69) is 15.1 Å². The Morgan fingerprint density at radius 2 is 2.14 bits per heavy atom. The molecule has 3 rings (SSSR count). The van der Waals surface area contributed by atoms with Gasteiger partial charge >= 0.3 is 11.7 Å². The molecule has 7 nitrogen and oxygen atoms in total. The van der Waals surface area contributed by atoms with E-state index in [1.807, 2.05) is 30.3 Å². The molecular weight excluding hydrogens is 304 g/mol. The van der Waals surface area contributed by atoms with Gasteiger partial charge in [-0.25, -0.2) is 14.6 Å². The first-order valence-electron chi connectivity index (χ1n) is 6.42. The highest BCUT2D eigenvalue weighted by Gasteiger charge is 2.23. The van der Waals surface area contributed by atoms with Crippen LogP contribution in [0.4, 0.5) is 0 Å². The average Bonchev–Trinajstić information content (AvgIpc) is 2.93. The first-order chi connectivity index (χ1) is 10.7. The van der Waals surface area contributed by atoms with Crippen molar-refractivity contribution in [1.29, 1.82) is 0 Å². The second kappa shape index (κ2) is 6.02. The van der Waals surface area contributed by atoms with E-state index >= 15 is 0 Å². The number of carbonyl (C=O) groups excluding carboxylic acids is 1. The average molecular weight is 316 g/mol. The van der Waals surface area contributed by atoms with E-state index in [1.54, 1.807) is 0 Å². The number of methoxy groups -OCH3 is 1. The van der Waals surface area contributed by atoms with Crippen molar-refractivity contribution in [2.45, 2.75) is 10.8 Å². The Kier molecular flexibility index (Phi) is 3.92. The monoisotopic (exact) mass is 316 g/mol. The van der Waals surface area contributed by atoms with Gasteiger partial charge in [0.25, 0.3) is 0 Å². The number of esters is 1. The maximum absolute atomic E-state index is 12.0. The molecule has 2 aromatic heterocycles. The molecule has 0 spiro atoms. The van der Waals surface area contributed by atoms with Gasteiger partial charge in [0.15, 0.2) is 5.65 Å². The number of aromatic nitrogens is 4. The summed E-state index contributed by atoms with van der Waals surface area (Å²) in [7, 11) is 1.28. The van der Waals surface area contributed by atoms with Gasteiger partial charge in [-0.2, -0.15) is 9.61 Å². The molecule has 0 radical (unpaired) electrons. The van der Waals surface area contributed by atoms with E-state index < -0.39 is 11.7 Å². The van der Waals surface area contributed by atoms with Crippen LogP contribution in [0.15, 0.2) is 46.5 Å². The standard InChI is InChI=1S/C14H12N4O3S/c1-21-13(19)10-11-15-8-16-14(20)18(11)17-12(10)22-7-9-5-3-2-4-6-9/h2-6,8H,7H2,1H3,(H,15,16,20). The molecule has 0 amide bonds. The van der Waals surface area contributed by atoms with Gasteiger partial charge in [0.2, 0.25) is 0 Å². The van der Waals surface area contributed by atoms with Crippen LogP contribution in [-0.4, -0.2) is 32.7 Å². The van der Waals surface area contributed by atoms with Gasteiger partial charge in [-0.1, -0.05) is 42.1 Å². The summed E-state index contributed by atoms with van der Waals surface area (Å²) in [6, 6.07) is 9.76. The number of aromatic amines is 1. The van der Waals surface area contributed by atoms with Crippen molar-refractivity contribution in [3.63, 3.8) is 0 Å². The molecule has 0 fully saturated rings. The number of hydrogen-bond donors (Lipinski definition) is 1. The molecular formula is C14H12N4O3S. The Hall–Kier alpha value is -2.61. The van der Waals surface area contributed by atoms with Crippen LogP contribution in [0.3, 0.4) is 0 Å². The molecule has 0 aliphatic rings. The largest absolute Gasteiger partial charge is 0.465 e. The topological polar surface area (TPSA) is 89.3 Å². The molecule has 1 N–H and O–H groups in total. The van der Waals surface area contributed by atoms with Gasteiger partial charge in [-0.05, 0) is 5.56 Å². The van der Waals surface area contributed by atoms with Crippen LogP contribution in [0.2, 0.25) is 0 Å². The summed E-state index contributed by atoms with van der Waals surface area (Å²) in [6.07, 6.45) is 1.23. The number of H-pyrrole nitrogens is 1. The number of hydrogen-bond acceptors (Lipinski definition) is 6. The van der Waals surface area contributed by atoms with E-state index in [0.717, 1.165) is 10.1 Å². The number of carbonyl (C=O) groups is 1. The highest BCUT2D eigenvalue weighted by atomic mass is 32.2. The zero-order valence-corrected chi connectivity index (χ0v) is 12.5. The van der Waals surface area contributed by atoms with E-state index in [4.69, 9.17) is 4.74 Å². The van der Waals surface area contributed by atoms with Crippen LogP contribution in [0.1, 0.15) is 15.9 Å². The Labute approximate surface area is 129 Å². The highest BCUT2D eigenvalue weighted by molar-refractivity contribution is 7.98. The van der Waals surface area contributed by atoms with Crippen LogP contribution in [0.25, 0.3) is 5.65 Å². The highest BCUT2D eigenvalue weighted by Crippen LogP contribution is 2.27. The van der Waals surface area contributed by atoms with E-state index in [-0.39, 0.29) is 11.2 Å². The van der Waals surface area contributed by atoms with Crippen LogP contribution in [0, 0.1) is 0 Å². The Bertz CT molecular complexity index is 873. The zero-order valence-electron chi connectivity index (χ0n) is 11.6. The number of nitrogens with one attached hydrogen (secondary N) is 1. The number of benzene rings is 1. The summed E-state index contributed by atoms with van der Waals surface area (Å²) >= 11 is 1.35. The van der Waals surface area contributed by atoms with Gasteiger partial charge < -0.3 is 4.74 Å². The third-order valence-corrected chi connectivity index (χ3v) is 4.04. The van der Waals surface area contributed by atoms with Gasteiger partial charge in [0, 0.05) is 5.75 Å². The molecule has 0 aliphatic heterocycles. The molecule has 0 saturated heterocycles. The van der Waals surface area contributed by atoms with Crippen molar-refractivity contribution in [3.8, 4) is 0 Å². The van der Waals surface area contributed by atoms with Crippen molar-refractivity contribution < 1.29 is 9.53 Å². The van der Waals surface area contributed by atoms with E-state index in [1.165, 1.54) is 25.2 Å². The molecule has 0 saturated carbocycles. The minimum Gasteiger partial charge on any atom is -0.465 e. The van der Waals surface area contributed by atoms with Crippen LogP contribution >= 0.6 is 11.8 Å². The second-order valence-electron chi connectivity index (χ2n) is 4.39. The lowest BCUT2D eigenvalue weighted by Gasteiger charge is -2.01. The minimum absolute atomic E-state index is 0.186. The number of fused-ring (bicyclic) bond motifs is 1. The molecule has 0 unspecified atom stereocenters. The molecule has 112 valence electrons. The van der Waals surface area contributed by atoms with Crippen molar-refractivity contribution in [3.05, 3.63) is 58.3 Å². The van der Waals surface area contributed by atoms with Crippen molar-refractivity contribution >= 4 is 23.4 Å².